The maximum Gasteiger partial charge on any atom is 0.413 e. The van der Waals surface area contributed by atoms with E-state index in [0.29, 0.717) is 16.6 Å². The summed E-state index contributed by atoms with van der Waals surface area (Å²) in [5.74, 6) is -1.29. The van der Waals surface area contributed by atoms with Gasteiger partial charge < -0.3 is 15.2 Å². The first-order valence-corrected chi connectivity index (χ1v) is 10.7. The van der Waals surface area contributed by atoms with Gasteiger partial charge in [-0.25, -0.2) is 14.2 Å². The molecule has 180 valence electrons. The summed E-state index contributed by atoms with van der Waals surface area (Å²) in [5, 5.41) is 20.7. The van der Waals surface area contributed by atoms with E-state index in [-0.39, 0.29) is 45.2 Å². The Bertz CT molecular complexity index is 1490. The van der Waals surface area contributed by atoms with Crippen LogP contribution in [0.3, 0.4) is 0 Å². The van der Waals surface area contributed by atoms with E-state index in [4.69, 9.17) is 23.2 Å². The molecule has 35 heavy (non-hydrogen) atoms. The maximum atomic E-state index is 14.1. The summed E-state index contributed by atoms with van der Waals surface area (Å²) in [6, 6.07) is 13.7. The SMILES string of the molecule is CN(C(=O)O)c1nc2ccc(C3(O)c4ccccc4C(=O)N3c3cc(Cl)c(F)c(Cl)c3)cc2[nH]1.Cl. The number of nitrogens with zero attached hydrogens (tertiary/aromatic N) is 3. The predicted octanol–water partition coefficient (Wildman–Crippen LogP) is 5.40. The van der Waals surface area contributed by atoms with Gasteiger partial charge in [0, 0.05) is 23.7 Å². The third kappa shape index (κ3) is 3.68. The van der Waals surface area contributed by atoms with Crippen molar-refractivity contribution < 1.29 is 24.2 Å². The second-order valence-electron chi connectivity index (χ2n) is 7.72. The molecule has 0 saturated heterocycles. The van der Waals surface area contributed by atoms with Crippen LogP contribution in [0.15, 0.2) is 54.6 Å². The van der Waals surface area contributed by atoms with Crippen molar-refractivity contribution >= 4 is 70.3 Å². The van der Waals surface area contributed by atoms with Crippen LogP contribution in [0.5, 0.6) is 0 Å². The summed E-state index contributed by atoms with van der Waals surface area (Å²) < 4.78 is 14.1. The fraction of sp³-hybridized carbons (Fsp3) is 0.0870. The number of nitrogens with one attached hydrogen (secondary N) is 1. The van der Waals surface area contributed by atoms with E-state index in [2.05, 4.69) is 9.97 Å². The topological polar surface area (TPSA) is 110 Å². The molecule has 1 aliphatic rings. The third-order valence-electron chi connectivity index (χ3n) is 5.76. The maximum absolute atomic E-state index is 14.1. The lowest BCUT2D eigenvalue weighted by molar-refractivity contribution is 0.0704. The Morgan fingerprint density at radius 3 is 2.46 bits per heavy atom. The lowest BCUT2D eigenvalue weighted by Crippen LogP contribution is -2.45. The second kappa shape index (κ2) is 8.69. The van der Waals surface area contributed by atoms with E-state index in [1.165, 1.54) is 19.2 Å². The molecule has 0 aliphatic carbocycles. The van der Waals surface area contributed by atoms with Gasteiger partial charge in [-0.15, -0.1) is 12.4 Å². The number of aromatic amines is 1. The highest BCUT2D eigenvalue weighted by Gasteiger charge is 2.51. The van der Waals surface area contributed by atoms with Gasteiger partial charge in [0.1, 0.15) is 0 Å². The van der Waals surface area contributed by atoms with Gasteiger partial charge in [0.15, 0.2) is 11.5 Å². The van der Waals surface area contributed by atoms with E-state index in [1.54, 1.807) is 42.5 Å². The number of aromatic nitrogens is 2. The van der Waals surface area contributed by atoms with Crippen molar-refractivity contribution in [3.05, 3.63) is 87.2 Å². The molecule has 0 fully saturated rings. The zero-order chi connectivity index (χ0) is 24.4. The molecule has 5 rings (SSSR count). The number of imidazole rings is 1. The number of halogens is 4. The highest BCUT2D eigenvalue weighted by molar-refractivity contribution is 6.35. The molecule has 0 radical (unpaired) electrons. The number of carbonyl (C=O) groups is 2. The summed E-state index contributed by atoms with van der Waals surface area (Å²) in [6.45, 7) is 0. The van der Waals surface area contributed by atoms with Crippen LogP contribution in [0.25, 0.3) is 11.0 Å². The monoisotopic (exact) mass is 536 g/mol. The summed E-state index contributed by atoms with van der Waals surface area (Å²) in [6.07, 6.45) is -1.20. The van der Waals surface area contributed by atoms with E-state index >= 15 is 0 Å². The van der Waals surface area contributed by atoms with Gasteiger partial charge >= 0.3 is 6.09 Å². The number of rotatable bonds is 3. The molecule has 3 aromatic carbocycles. The van der Waals surface area contributed by atoms with Crippen LogP contribution in [-0.4, -0.2) is 39.2 Å². The zero-order valence-corrected chi connectivity index (χ0v) is 20.1. The van der Waals surface area contributed by atoms with Crippen LogP contribution in [0.4, 0.5) is 20.8 Å². The molecule has 0 bridgehead atoms. The number of aliphatic hydroxyl groups is 1. The molecule has 1 unspecified atom stereocenters. The number of carboxylic acid groups (broad SMARTS) is 1. The highest BCUT2D eigenvalue weighted by atomic mass is 35.5. The normalized spacial score (nSPS) is 16.8. The lowest BCUT2D eigenvalue weighted by Gasteiger charge is -2.35. The number of benzene rings is 3. The fourth-order valence-electron chi connectivity index (χ4n) is 4.08. The second-order valence-corrected chi connectivity index (χ2v) is 8.53. The van der Waals surface area contributed by atoms with Gasteiger partial charge in [0.05, 0.1) is 26.8 Å². The summed E-state index contributed by atoms with van der Waals surface area (Å²) in [4.78, 5) is 33.9. The van der Waals surface area contributed by atoms with Crippen molar-refractivity contribution in [3.8, 4) is 0 Å². The summed E-state index contributed by atoms with van der Waals surface area (Å²) >= 11 is 12.0. The number of H-pyrrole nitrogens is 1. The standard InChI is InChI=1S/C23H15Cl2FN4O4.ClH/c1-29(22(32)33)21-27-17-7-6-11(8-18(17)28-21)23(34)14-5-3-2-4-13(14)20(31)30(23)12-9-15(24)19(26)16(25)10-12;/h2-10,34H,1H3,(H,27,28)(H,32,33);1H. The van der Waals surface area contributed by atoms with Gasteiger partial charge in [-0.05, 0) is 30.3 Å². The van der Waals surface area contributed by atoms with Crippen LogP contribution >= 0.6 is 35.6 Å². The first-order chi connectivity index (χ1) is 16.1. The smallest absolute Gasteiger partial charge is 0.413 e. The minimum atomic E-state index is -2.00. The Kier molecular flexibility index (Phi) is 6.14. The lowest BCUT2D eigenvalue weighted by atomic mass is 9.93. The average molecular weight is 538 g/mol. The molecule has 1 aliphatic heterocycles. The number of anilines is 2. The van der Waals surface area contributed by atoms with Crippen molar-refractivity contribution in [2.24, 2.45) is 0 Å². The predicted molar refractivity (Wildman–Crippen MR) is 132 cm³/mol. The molecule has 1 aromatic heterocycles. The van der Waals surface area contributed by atoms with Crippen LogP contribution < -0.4 is 9.80 Å². The molecular formula is C23H16Cl3FN4O4. The summed E-state index contributed by atoms with van der Waals surface area (Å²) in [7, 11) is 1.34. The number of hydrogen-bond donors (Lipinski definition) is 3. The summed E-state index contributed by atoms with van der Waals surface area (Å²) in [5.41, 5.74) is -0.195. The number of amides is 2. The van der Waals surface area contributed by atoms with Gasteiger partial charge in [0.25, 0.3) is 5.91 Å². The molecular weight excluding hydrogens is 522 g/mol. The van der Waals surface area contributed by atoms with Crippen LogP contribution in [0.2, 0.25) is 10.0 Å². The van der Waals surface area contributed by atoms with E-state index < -0.39 is 23.5 Å². The molecule has 0 spiro atoms. The Morgan fingerprint density at radius 1 is 1.14 bits per heavy atom. The van der Waals surface area contributed by atoms with Crippen molar-refractivity contribution in [1.82, 2.24) is 9.97 Å². The van der Waals surface area contributed by atoms with Gasteiger partial charge in [-0.3, -0.25) is 14.6 Å². The number of carbonyl (C=O) groups excluding carboxylic acids is 1. The number of hydrogen-bond acceptors (Lipinski definition) is 4. The quantitative estimate of drug-likeness (QED) is 0.303. The Balaban J connectivity index is 0.00000289. The molecule has 3 N–H and O–H groups in total. The fourth-order valence-corrected chi connectivity index (χ4v) is 4.56. The molecule has 4 aromatic rings. The van der Waals surface area contributed by atoms with E-state index in [1.807, 2.05) is 0 Å². The minimum Gasteiger partial charge on any atom is -0.465 e. The Hall–Kier alpha value is -3.37. The van der Waals surface area contributed by atoms with Gasteiger partial charge in [-0.2, -0.15) is 0 Å². The molecule has 12 heteroatoms. The first kappa shape index (κ1) is 24.7. The molecule has 1 atom stereocenters. The zero-order valence-electron chi connectivity index (χ0n) is 17.8. The molecule has 8 nitrogen and oxygen atoms in total. The van der Waals surface area contributed by atoms with Crippen molar-refractivity contribution in [1.29, 1.82) is 0 Å². The van der Waals surface area contributed by atoms with Crippen LogP contribution in [0, 0.1) is 5.82 Å². The Morgan fingerprint density at radius 2 is 1.80 bits per heavy atom. The minimum absolute atomic E-state index is 0. The van der Waals surface area contributed by atoms with Crippen molar-refractivity contribution in [2.75, 3.05) is 16.8 Å². The third-order valence-corrected chi connectivity index (χ3v) is 6.31. The van der Waals surface area contributed by atoms with Crippen molar-refractivity contribution in [2.45, 2.75) is 5.72 Å². The van der Waals surface area contributed by atoms with Crippen molar-refractivity contribution in [3.63, 3.8) is 0 Å². The Labute approximate surface area is 213 Å². The van der Waals surface area contributed by atoms with Crippen LogP contribution in [0.1, 0.15) is 21.5 Å². The van der Waals surface area contributed by atoms with Gasteiger partial charge in [0.2, 0.25) is 5.95 Å². The largest absolute Gasteiger partial charge is 0.465 e. The number of fused-ring (bicyclic) bond motifs is 2. The first-order valence-electron chi connectivity index (χ1n) is 9.90. The highest BCUT2D eigenvalue weighted by Crippen LogP contribution is 2.46. The average Bonchev–Trinajstić information content (AvgIpc) is 3.34. The van der Waals surface area contributed by atoms with E-state index in [0.717, 1.165) is 9.80 Å². The van der Waals surface area contributed by atoms with E-state index in [9.17, 15) is 24.2 Å². The van der Waals surface area contributed by atoms with Crippen LogP contribution in [-0.2, 0) is 5.72 Å². The molecule has 2 heterocycles. The molecule has 2 amide bonds. The van der Waals surface area contributed by atoms with Gasteiger partial charge in [-0.1, -0.05) is 47.5 Å². The molecule has 0 saturated carbocycles.